The maximum atomic E-state index is 12.7. The smallest absolute Gasteiger partial charge is 0.311 e. The minimum atomic E-state index is -0.234. The number of nitrogens with zero attached hydrogens (tertiary/aromatic N) is 4. The van der Waals surface area contributed by atoms with Crippen LogP contribution in [0.4, 0.5) is 0 Å². The molecule has 180 valence electrons. The van der Waals surface area contributed by atoms with Crippen LogP contribution in [-0.4, -0.2) is 24.9 Å². The topological polar surface area (TPSA) is 61.4 Å². The van der Waals surface area contributed by atoms with Crippen molar-refractivity contribution in [3.63, 3.8) is 0 Å². The van der Waals surface area contributed by atoms with Gasteiger partial charge in [0.05, 0.1) is 11.0 Å². The summed E-state index contributed by atoms with van der Waals surface area (Å²) in [5, 5.41) is 0.791. The second-order valence-corrected chi connectivity index (χ2v) is 10.1. The van der Waals surface area contributed by atoms with Crippen LogP contribution in [0.3, 0.4) is 0 Å². The maximum absolute atomic E-state index is 12.7. The first-order valence-corrected chi connectivity index (χ1v) is 12.4. The Bertz CT molecular complexity index is 1500. The lowest BCUT2D eigenvalue weighted by Gasteiger charge is -2.11. The van der Waals surface area contributed by atoms with Crippen molar-refractivity contribution in [2.45, 2.75) is 53.5 Å². The summed E-state index contributed by atoms with van der Waals surface area (Å²) in [6, 6.07) is 18.5. The summed E-state index contributed by atoms with van der Waals surface area (Å²) in [5.41, 5.74) is 4.78. The van der Waals surface area contributed by atoms with Crippen LogP contribution < -0.4 is 4.74 Å². The summed E-state index contributed by atoms with van der Waals surface area (Å²) < 4.78 is 10.2. The molecule has 5 rings (SSSR count). The molecule has 0 radical (unpaired) electrons. The van der Waals surface area contributed by atoms with Crippen LogP contribution in [0.5, 0.6) is 5.75 Å². The van der Waals surface area contributed by atoms with Gasteiger partial charge in [-0.15, -0.1) is 0 Å². The average molecular weight is 469 g/mol. The Morgan fingerprint density at radius 2 is 1.66 bits per heavy atom. The fourth-order valence-electron chi connectivity index (χ4n) is 4.62. The van der Waals surface area contributed by atoms with Gasteiger partial charge in [-0.25, -0.2) is 9.97 Å². The highest BCUT2D eigenvalue weighted by Crippen LogP contribution is 2.34. The Kier molecular flexibility index (Phi) is 6.29. The summed E-state index contributed by atoms with van der Waals surface area (Å²) in [6.45, 7) is 9.16. The van der Waals surface area contributed by atoms with Crippen molar-refractivity contribution in [3.8, 4) is 5.75 Å². The van der Waals surface area contributed by atoms with Crippen LogP contribution >= 0.6 is 0 Å². The molecule has 0 atom stereocenters. The molecule has 0 unspecified atom stereocenters. The minimum Gasteiger partial charge on any atom is -0.424 e. The molecule has 6 nitrogen and oxygen atoms in total. The molecule has 3 aromatic heterocycles. The highest BCUT2D eigenvalue weighted by Gasteiger charge is 2.23. The number of esters is 1. The highest BCUT2D eigenvalue weighted by atomic mass is 16.5. The summed E-state index contributed by atoms with van der Waals surface area (Å²) in [6.07, 6.45) is 3.96. The number of carbonyl (C=O) groups is 1. The molecule has 0 spiro atoms. The molecule has 2 aromatic carbocycles. The summed E-state index contributed by atoms with van der Waals surface area (Å²) >= 11 is 0. The van der Waals surface area contributed by atoms with E-state index in [0.717, 1.165) is 52.9 Å². The van der Waals surface area contributed by atoms with E-state index in [1.54, 1.807) is 0 Å². The van der Waals surface area contributed by atoms with Crippen LogP contribution in [-0.2, 0) is 24.2 Å². The van der Waals surface area contributed by atoms with E-state index in [4.69, 9.17) is 14.7 Å². The molecular formula is C29H32N4O2. The Hall–Kier alpha value is -3.67. The third kappa shape index (κ3) is 4.65. The number of para-hydroxylation sites is 2. The third-order valence-electron chi connectivity index (χ3n) is 6.17. The van der Waals surface area contributed by atoms with E-state index in [0.29, 0.717) is 18.1 Å². The number of benzene rings is 2. The van der Waals surface area contributed by atoms with Gasteiger partial charge in [0, 0.05) is 25.6 Å². The third-order valence-corrected chi connectivity index (χ3v) is 6.17. The van der Waals surface area contributed by atoms with Crippen LogP contribution in [0, 0.1) is 11.8 Å². The van der Waals surface area contributed by atoms with Gasteiger partial charge >= 0.3 is 5.97 Å². The van der Waals surface area contributed by atoms with Crippen molar-refractivity contribution in [2.24, 2.45) is 11.8 Å². The van der Waals surface area contributed by atoms with Gasteiger partial charge in [-0.1, -0.05) is 70.2 Å². The van der Waals surface area contributed by atoms with E-state index >= 15 is 0 Å². The number of hydrogen-bond donors (Lipinski definition) is 0. The monoisotopic (exact) mass is 468 g/mol. The minimum absolute atomic E-state index is 0.221. The molecule has 0 aliphatic heterocycles. The molecular weight excluding hydrogens is 436 g/mol. The Balaban J connectivity index is 1.71. The number of rotatable bonds is 8. The molecule has 35 heavy (non-hydrogen) atoms. The quantitative estimate of drug-likeness (QED) is 0.253. The number of imidazole rings is 1. The first kappa shape index (κ1) is 23.1. The number of carbonyl (C=O) groups excluding carboxylic acids is 1. The number of hydrogen-bond acceptors (Lipinski definition) is 4. The predicted molar refractivity (Wildman–Crippen MR) is 140 cm³/mol. The zero-order chi connectivity index (χ0) is 24.5. The van der Waals surface area contributed by atoms with Gasteiger partial charge in [0.1, 0.15) is 16.9 Å². The summed E-state index contributed by atoms with van der Waals surface area (Å²) in [7, 11) is 0. The van der Waals surface area contributed by atoms with Crippen molar-refractivity contribution >= 4 is 33.7 Å². The fourth-order valence-corrected chi connectivity index (χ4v) is 4.62. The molecule has 0 saturated heterocycles. The predicted octanol–water partition coefficient (Wildman–Crippen LogP) is 6.23. The van der Waals surface area contributed by atoms with Gasteiger partial charge in [-0.2, -0.15) is 0 Å². The molecule has 0 aliphatic carbocycles. The number of ether oxygens (including phenoxy) is 1. The van der Waals surface area contributed by atoms with Crippen molar-refractivity contribution in [2.75, 3.05) is 0 Å². The highest BCUT2D eigenvalue weighted by molar-refractivity contribution is 6.01. The molecule has 0 saturated carbocycles. The lowest BCUT2D eigenvalue weighted by Crippen LogP contribution is -2.11. The van der Waals surface area contributed by atoms with E-state index in [-0.39, 0.29) is 11.9 Å². The maximum Gasteiger partial charge on any atom is 0.311 e. The molecule has 0 amide bonds. The molecule has 0 N–H and O–H groups in total. The zero-order valence-corrected chi connectivity index (χ0v) is 20.9. The Labute approximate surface area is 205 Å². The summed E-state index contributed by atoms with van der Waals surface area (Å²) in [4.78, 5) is 22.8. The number of aryl methyl sites for hydroxylation is 2. The van der Waals surface area contributed by atoms with Crippen LogP contribution in [0.1, 0.15) is 45.5 Å². The van der Waals surface area contributed by atoms with Gasteiger partial charge in [-0.05, 0) is 36.0 Å². The molecule has 0 aliphatic rings. The SMILES string of the molecule is CC(C)CC(=O)Oc1cn(CCc2ccccc2)c2nc(CC(C)C)n3c4ccccc4nc3c12. The lowest BCUT2D eigenvalue weighted by atomic mass is 10.1. The van der Waals surface area contributed by atoms with Gasteiger partial charge in [0.25, 0.3) is 0 Å². The van der Waals surface area contributed by atoms with Gasteiger partial charge in [-0.3, -0.25) is 9.20 Å². The molecule has 5 aromatic rings. The van der Waals surface area contributed by atoms with Gasteiger partial charge < -0.3 is 9.30 Å². The Morgan fingerprint density at radius 3 is 2.40 bits per heavy atom. The fraction of sp³-hybridized carbons (Fsp3) is 0.345. The van der Waals surface area contributed by atoms with Crippen molar-refractivity contribution in [3.05, 3.63) is 72.2 Å². The molecule has 6 heteroatoms. The van der Waals surface area contributed by atoms with Crippen molar-refractivity contribution < 1.29 is 9.53 Å². The van der Waals surface area contributed by atoms with Crippen LogP contribution in [0.15, 0.2) is 60.8 Å². The standard InChI is InChI=1S/C29H32N4O2/c1-19(2)16-25-31-28-27(29-30-22-12-8-9-13-23(22)33(25)29)24(35-26(34)17-20(3)4)18-32(28)15-14-21-10-6-5-7-11-21/h5-13,18-20H,14-17H2,1-4H3. The van der Waals surface area contributed by atoms with Gasteiger partial charge in [0.15, 0.2) is 11.4 Å². The first-order valence-electron chi connectivity index (χ1n) is 12.4. The van der Waals surface area contributed by atoms with Crippen molar-refractivity contribution in [1.82, 2.24) is 18.9 Å². The molecule has 3 heterocycles. The van der Waals surface area contributed by atoms with Gasteiger partial charge in [0.2, 0.25) is 0 Å². The van der Waals surface area contributed by atoms with Crippen molar-refractivity contribution in [1.29, 1.82) is 0 Å². The van der Waals surface area contributed by atoms with E-state index in [1.165, 1.54) is 5.56 Å². The van der Waals surface area contributed by atoms with E-state index in [2.05, 4.69) is 53.1 Å². The van der Waals surface area contributed by atoms with Crippen LogP contribution in [0.2, 0.25) is 0 Å². The van der Waals surface area contributed by atoms with Crippen LogP contribution in [0.25, 0.3) is 27.7 Å². The molecule has 0 fully saturated rings. The zero-order valence-electron chi connectivity index (χ0n) is 20.9. The number of fused-ring (bicyclic) bond motifs is 5. The van der Waals surface area contributed by atoms with E-state index in [9.17, 15) is 4.79 Å². The van der Waals surface area contributed by atoms with E-state index in [1.807, 2.05) is 44.3 Å². The van der Waals surface area contributed by atoms with E-state index < -0.39 is 0 Å². The second kappa shape index (κ2) is 9.53. The largest absolute Gasteiger partial charge is 0.424 e. The summed E-state index contributed by atoms with van der Waals surface area (Å²) in [5.74, 6) is 1.92. The number of aromatic nitrogens is 4. The second-order valence-electron chi connectivity index (χ2n) is 10.1. The average Bonchev–Trinajstić information content (AvgIpc) is 3.36. The molecule has 0 bridgehead atoms. The first-order chi connectivity index (χ1) is 16.9. The normalized spacial score (nSPS) is 11.9. The Morgan fingerprint density at radius 1 is 0.914 bits per heavy atom. The lowest BCUT2D eigenvalue weighted by molar-refractivity contribution is -0.135.